The molecule has 298 valence electrons. The molecule has 1 spiro atoms. The normalized spacial score (nSPS) is 17.9. The summed E-state index contributed by atoms with van der Waals surface area (Å²) >= 11 is 7.53. The number of imide groups is 1. The van der Waals surface area contributed by atoms with Crippen molar-refractivity contribution < 1.29 is 19.2 Å². The second kappa shape index (κ2) is 16.3. The lowest BCUT2D eigenvalue weighted by atomic mass is 9.72. The van der Waals surface area contributed by atoms with Gasteiger partial charge in [-0.2, -0.15) is 0 Å². The predicted octanol–water partition coefficient (Wildman–Crippen LogP) is 5.29. The largest absolute Gasteiger partial charge is 0.370 e. The molecule has 0 bridgehead atoms. The van der Waals surface area contributed by atoms with Crippen LogP contribution in [0.3, 0.4) is 0 Å². The number of nitrogens with one attached hydrogen (secondary N) is 3. The van der Waals surface area contributed by atoms with Crippen LogP contribution in [-0.4, -0.2) is 114 Å². The highest BCUT2D eigenvalue weighted by Gasteiger charge is 2.53. The molecule has 6 heterocycles. The van der Waals surface area contributed by atoms with Gasteiger partial charge in [0.05, 0.1) is 16.9 Å². The van der Waals surface area contributed by atoms with Crippen molar-refractivity contribution in [2.24, 2.45) is 5.41 Å². The van der Waals surface area contributed by atoms with Gasteiger partial charge in [-0.15, -0.1) is 0 Å². The Morgan fingerprint density at radius 3 is 2.40 bits per heavy atom. The quantitative estimate of drug-likeness (QED) is 0.160. The molecule has 4 aliphatic heterocycles. The lowest BCUT2D eigenvalue weighted by Gasteiger charge is -2.61. The van der Waals surface area contributed by atoms with Crippen LogP contribution in [-0.2, 0) is 9.59 Å². The average Bonchev–Trinajstić information content (AvgIpc) is 3.63. The van der Waals surface area contributed by atoms with Gasteiger partial charge in [0, 0.05) is 94.6 Å². The molecule has 5 amide bonds. The summed E-state index contributed by atoms with van der Waals surface area (Å²) in [4.78, 5) is 74.3. The highest BCUT2D eigenvalue weighted by Crippen LogP contribution is 2.42. The van der Waals surface area contributed by atoms with Crippen LogP contribution in [0.15, 0.2) is 54.7 Å². The highest BCUT2D eigenvalue weighted by molar-refractivity contribution is 7.17. The first kappa shape index (κ1) is 38.5. The smallest absolute Gasteiger partial charge is 0.328 e. The number of piperazine rings is 1. The predicted molar refractivity (Wildman–Crippen MR) is 222 cm³/mol. The number of para-hydroxylation sites is 1. The van der Waals surface area contributed by atoms with Crippen molar-refractivity contribution in [1.29, 1.82) is 0 Å². The number of rotatable bonds is 12. The molecule has 57 heavy (non-hydrogen) atoms. The Hall–Kier alpha value is -5.32. The monoisotopic (exact) mass is 811 g/mol. The molecule has 0 radical (unpaired) electrons. The maximum absolute atomic E-state index is 13.0. The van der Waals surface area contributed by atoms with Crippen LogP contribution < -0.4 is 30.7 Å². The van der Waals surface area contributed by atoms with Gasteiger partial charge in [0.2, 0.25) is 11.8 Å². The van der Waals surface area contributed by atoms with Gasteiger partial charge in [-0.1, -0.05) is 35.1 Å². The Morgan fingerprint density at radius 1 is 0.912 bits per heavy atom. The third-order valence-corrected chi connectivity index (χ3v) is 12.3. The van der Waals surface area contributed by atoms with Crippen LogP contribution in [0.2, 0.25) is 5.02 Å². The second-order valence-electron chi connectivity index (χ2n) is 15.4. The van der Waals surface area contributed by atoms with Crippen LogP contribution in [0.4, 0.5) is 38.6 Å². The number of carbonyl (C=O) groups is 4. The number of hydrogen-bond acceptors (Lipinski definition) is 12. The van der Waals surface area contributed by atoms with E-state index in [1.165, 1.54) is 17.5 Å². The Morgan fingerprint density at radius 2 is 1.67 bits per heavy atom. The lowest BCUT2D eigenvalue weighted by molar-refractivity contribution is -0.145. The number of anilines is 6. The fraction of sp³-hybridized carbons (Fsp3) is 0.425. The van der Waals surface area contributed by atoms with E-state index >= 15 is 0 Å². The molecule has 0 unspecified atom stereocenters. The molecule has 4 aromatic rings. The Balaban J connectivity index is 0.725. The minimum Gasteiger partial charge on any atom is -0.370 e. The van der Waals surface area contributed by atoms with Crippen molar-refractivity contribution >= 4 is 80.5 Å². The Labute approximate surface area is 340 Å². The Kier molecular flexibility index (Phi) is 11.0. The van der Waals surface area contributed by atoms with Crippen LogP contribution in [0, 0.1) is 19.3 Å². The summed E-state index contributed by atoms with van der Waals surface area (Å²) in [5, 5.41) is 9.54. The van der Waals surface area contributed by atoms with Gasteiger partial charge in [-0.3, -0.25) is 29.5 Å². The number of aromatic nitrogens is 3. The molecule has 17 heteroatoms. The first-order valence-electron chi connectivity index (χ1n) is 19.4. The number of carbonyl (C=O) groups excluding carboxylic acids is 4. The van der Waals surface area contributed by atoms with E-state index in [4.69, 9.17) is 16.6 Å². The number of hydrogen-bond donors (Lipinski definition) is 3. The zero-order chi connectivity index (χ0) is 39.7. The van der Waals surface area contributed by atoms with E-state index in [9.17, 15) is 19.2 Å². The van der Waals surface area contributed by atoms with E-state index in [1.54, 1.807) is 11.0 Å². The molecule has 2 aromatic carbocycles. The van der Waals surface area contributed by atoms with E-state index in [-0.39, 0.29) is 29.2 Å². The lowest BCUT2D eigenvalue weighted by Crippen LogP contribution is -2.73. The van der Waals surface area contributed by atoms with E-state index in [0.29, 0.717) is 51.7 Å². The van der Waals surface area contributed by atoms with Crippen molar-refractivity contribution in [1.82, 2.24) is 30.1 Å². The van der Waals surface area contributed by atoms with Gasteiger partial charge in [0.25, 0.3) is 5.91 Å². The molecule has 0 atom stereocenters. The fourth-order valence-corrected chi connectivity index (χ4v) is 8.99. The summed E-state index contributed by atoms with van der Waals surface area (Å²) in [6.07, 6.45) is 4.29. The third-order valence-electron chi connectivity index (χ3n) is 11.1. The van der Waals surface area contributed by atoms with E-state index < -0.39 is 0 Å². The van der Waals surface area contributed by atoms with Gasteiger partial charge in [0.15, 0.2) is 5.13 Å². The molecule has 3 N–H and O–H groups in total. The Bertz CT molecular complexity index is 2140. The summed E-state index contributed by atoms with van der Waals surface area (Å²) in [6, 6.07) is 14.9. The summed E-state index contributed by atoms with van der Waals surface area (Å²) in [6.45, 7) is 12.1. The summed E-state index contributed by atoms with van der Waals surface area (Å²) in [7, 11) is 0. The van der Waals surface area contributed by atoms with Crippen molar-refractivity contribution in [2.75, 3.05) is 90.8 Å². The molecule has 2 aromatic heterocycles. The fourth-order valence-electron chi connectivity index (χ4n) is 8.00. The van der Waals surface area contributed by atoms with Crippen molar-refractivity contribution in [2.45, 2.75) is 39.5 Å². The molecule has 4 fully saturated rings. The van der Waals surface area contributed by atoms with Gasteiger partial charge in [-0.25, -0.2) is 19.7 Å². The van der Waals surface area contributed by atoms with Gasteiger partial charge >= 0.3 is 6.03 Å². The number of benzene rings is 2. The minimum atomic E-state index is -0.377. The number of halogens is 1. The molecular weight excluding hydrogens is 766 g/mol. The third kappa shape index (κ3) is 8.67. The van der Waals surface area contributed by atoms with Crippen LogP contribution in [0.1, 0.15) is 46.7 Å². The molecule has 8 rings (SSSR count). The number of unbranched alkanes of at least 4 members (excludes halogenated alkanes) is 1. The van der Waals surface area contributed by atoms with Gasteiger partial charge < -0.3 is 25.3 Å². The number of aryl methyl sites for hydroxylation is 2. The first-order valence-corrected chi connectivity index (χ1v) is 20.6. The number of nitrogens with zero attached hydrogens (tertiary/aromatic N) is 8. The van der Waals surface area contributed by atoms with E-state index in [2.05, 4.69) is 40.6 Å². The molecule has 4 saturated heterocycles. The van der Waals surface area contributed by atoms with Gasteiger partial charge in [0.1, 0.15) is 22.3 Å². The van der Waals surface area contributed by atoms with Crippen molar-refractivity contribution in [3.8, 4) is 0 Å². The molecular formula is C40H46ClN11O4S. The number of urea groups is 1. The summed E-state index contributed by atoms with van der Waals surface area (Å²) in [5.41, 5.74) is 3.53. The van der Waals surface area contributed by atoms with E-state index in [0.717, 1.165) is 94.5 Å². The minimum absolute atomic E-state index is 0.181. The van der Waals surface area contributed by atoms with Crippen molar-refractivity contribution in [3.05, 3.63) is 76.0 Å². The maximum Gasteiger partial charge on any atom is 0.328 e. The topological polar surface area (TPSA) is 159 Å². The van der Waals surface area contributed by atoms with Crippen molar-refractivity contribution in [3.63, 3.8) is 0 Å². The molecule has 0 saturated carbocycles. The van der Waals surface area contributed by atoms with Crippen LogP contribution in [0.25, 0.3) is 0 Å². The van der Waals surface area contributed by atoms with E-state index in [1.807, 2.05) is 61.2 Å². The SMILES string of the molecule is Cc1nc(Nc2ncc(C(=O)Nc3c(C)cccc3Cl)s2)cc(N2CCN(CCCCC(=O)N3CC4(C3)CN(c3ccc(N5CCC(=O)NC5=O)cc3)C4)CC2)n1. The average molecular weight is 812 g/mol. The number of amides is 5. The number of likely N-dealkylation sites (tertiary alicyclic amines) is 1. The molecule has 4 aliphatic rings. The summed E-state index contributed by atoms with van der Waals surface area (Å²) < 4.78 is 0. The zero-order valence-electron chi connectivity index (χ0n) is 32.1. The summed E-state index contributed by atoms with van der Waals surface area (Å²) in [5.74, 6) is 1.85. The number of thiazole rings is 1. The standard InChI is InChI=1S/C40H46ClN11O4S/c1-26-6-5-7-30(41)36(26)47-37(55)31-21-42-38(57-31)45-32-20-33(44-27(2)43-32)49-18-16-48(17-19-49)14-4-3-8-35(54)51-24-40(25-51)22-50(23-40)28-9-11-29(12-10-28)52-15-13-34(53)46-39(52)56/h5-7,9-12,20-21H,3-4,8,13-19,22-25H2,1-2H3,(H,47,55)(H,46,53,56)(H,42,43,44,45). The molecule has 15 nitrogen and oxygen atoms in total. The highest BCUT2D eigenvalue weighted by atomic mass is 35.5. The zero-order valence-corrected chi connectivity index (χ0v) is 33.7. The van der Waals surface area contributed by atoms with Crippen LogP contribution >= 0.6 is 22.9 Å². The molecule has 0 aliphatic carbocycles. The van der Waals surface area contributed by atoms with Crippen LogP contribution in [0.5, 0.6) is 0 Å². The first-order chi connectivity index (χ1) is 27.5. The maximum atomic E-state index is 13.0. The van der Waals surface area contributed by atoms with Gasteiger partial charge in [-0.05, 0) is 69.1 Å². The second-order valence-corrected chi connectivity index (χ2v) is 16.8.